The number of carbonyl (C=O) groups is 1. The number of carbonyl (C=O) groups excluding carboxylic acids is 1. The van der Waals surface area contributed by atoms with E-state index in [1.807, 2.05) is 41.9 Å². The van der Waals surface area contributed by atoms with Gasteiger partial charge in [0.05, 0.1) is 12.7 Å². The summed E-state index contributed by atoms with van der Waals surface area (Å²) in [5.74, 6) is 2.57. The summed E-state index contributed by atoms with van der Waals surface area (Å²) in [4.78, 5) is 25.1. The smallest absolute Gasteiger partial charge is 0.252 e. The Morgan fingerprint density at radius 1 is 1.42 bits per heavy atom. The monoisotopic (exact) mass is 373 g/mol. The number of nitrogens with zero attached hydrogens (tertiary/aromatic N) is 4. The van der Waals surface area contributed by atoms with Gasteiger partial charge in [-0.2, -0.15) is 11.3 Å². The second kappa shape index (κ2) is 7.20. The van der Waals surface area contributed by atoms with Crippen molar-refractivity contribution in [3.63, 3.8) is 0 Å². The summed E-state index contributed by atoms with van der Waals surface area (Å²) in [5.41, 5.74) is 0.732. The maximum Gasteiger partial charge on any atom is 0.252 e. The van der Waals surface area contributed by atoms with Crippen LogP contribution < -0.4 is 15.1 Å². The fraction of sp³-hybridized carbons (Fsp3) is 0.500. The minimum atomic E-state index is -0.00372. The third kappa shape index (κ3) is 3.39. The predicted molar refractivity (Wildman–Crippen MR) is 102 cm³/mol. The zero-order chi connectivity index (χ0) is 18.1. The van der Waals surface area contributed by atoms with Crippen LogP contribution in [0.3, 0.4) is 0 Å². The van der Waals surface area contributed by atoms with Crippen LogP contribution in [0.1, 0.15) is 10.4 Å². The average Bonchev–Trinajstić information content (AvgIpc) is 3.37. The summed E-state index contributed by atoms with van der Waals surface area (Å²) >= 11 is 1.53. The molecule has 2 aromatic rings. The van der Waals surface area contributed by atoms with E-state index in [9.17, 15) is 4.79 Å². The van der Waals surface area contributed by atoms with Crippen molar-refractivity contribution in [3.05, 3.63) is 34.8 Å². The Morgan fingerprint density at radius 2 is 2.31 bits per heavy atom. The molecule has 2 aromatic heterocycles. The number of hydrogen-bond donors (Lipinski definition) is 1. The van der Waals surface area contributed by atoms with Crippen molar-refractivity contribution in [2.24, 2.45) is 11.8 Å². The second-order valence-electron chi connectivity index (χ2n) is 7.05. The van der Waals surface area contributed by atoms with E-state index >= 15 is 0 Å². The van der Waals surface area contributed by atoms with Crippen LogP contribution in [0, 0.1) is 11.8 Å². The van der Waals surface area contributed by atoms with Gasteiger partial charge >= 0.3 is 0 Å². The van der Waals surface area contributed by atoms with Crippen LogP contribution in [-0.2, 0) is 4.74 Å². The van der Waals surface area contributed by atoms with Gasteiger partial charge in [0.2, 0.25) is 0 Å². The van der Waals surface area contributed by atoms with Crippen LogP contribution in [-0.4, -0.2) is 62.3 Å². The molecule has 0 unspecified atom stereocenters. The fourth-order valence-electron chi connectivity index (χ4n) is 3.67. The number of aromatic nitrogens is 2. The van der Waals surface area contributed by atoms with Crippen molar-refractivity contribution in [3.8, 4) is 0 Å². The lowest BCUT2D eigenvalue weighted by molar-refractivity contribution is 0.0940. The Labute approximate surface area is 157 Å². The number of thiophene rings is 1. The normalized spacial score (nSPS) is 24.5. The molecular weight excluding hydrogens is 350 g/mol. The fourth-order valence-corrected chi connectivity index (χ4v) is 4.31. The number of hydrogen-bond acceptors (Lipinski definition) is 7. The van der Waals surface area contributed by atoms with E-state index in [-0.39, 0.29) is 12.0 Å². The number of fused-ring (bicyclic) bond motifs is 1. The van der Waals surface area contributed by atoms with Gasteiger partial charge in [0.1, 0.15) is 18.0 Å². The summed E-state index contributed by atoms with van der Waals surface area (Å²) < 4.78 is 6.00. The van der Waals surface area contributed by atoms with E-state index in [0.29, 0.717) is 25.0 Å². The first-order valence-corrected chi connectivity index (χ1v) is 9.72. The standard InChI is InChI=1S/C18H23N5O2S/c1-22(2)16-5-17(21-11-20-16)23-7-14-13(9-25-15(14)8-23)6-19-18(24)12-3-4-26-10-12/h3-5,10-11,13-15H,6-9H2,1-2H3,(H,19,24)/t13-,14-,15-/m1/s1. The molecule has 2 fully saturated rings. The molecule has 4 heterocycles. The highest BCUT2D eigenvalue weighted by Crippen LogP contribution is 2.35. The van der Waals surface area contributed by atoms with Gasteiger partial charge in [-0.25, -0.2) is 9.97 Å². The lowest BCUT2D eigenvalue weighted by Crippen LogP contribution is -2.34. The summed E-state index contributed by atoms with van der Waals surface area (Å²) in [6.07, 6.45) is 1.81. The molecule has 1 amide bonds. The Morgan fingerprint density at radius 3 is 3.08 bits per heavy atom. The molecule has 7 nitrogen and oxygen atoms in total. The van der Waals surface area contributed by atoms with Crippen LogP contribution in [0.5, 0.6) is 0 Å². The molecule has 0 bridgehead atoms. The van der Waals surface area contributed by atoms with Crippen molar-refractivity contribution in [1.82, 2.24) is 15.3 Å². The van der Waals surface area contributed by atoms with Crippen LogP contribution >= 0.6 is 11.3 Å². The van der Waals surface area contributed by atoms with Crippen LogP contribution in [0.2, 0.25) is 0 Å². The van der Waals surface area contributed by atoms with E-state index in [2.05, 4.69) is 20.2 Å². The highest BCUT2D eigenvalue weighted by Gasteiger charge is 2.44. The summed E-state index contributed by atoms with van der Waals surface area (Å²) in [6.45, 7) is 3.09. The first-order chi connectivity index (χ1) is 12.6. The maximum atomic E-state index is 12.2. The zero-order valence-electron chi connectivity index (χ0n) is 15.0. The second-order valence-corrected chi connectivity index (χ2v) is 7.83. The first-order valence-electron chi connectivity index (χ1n) is 8.78. The minimum Gasteiger partial charge on any atom is -0.376 e. The van der Waals surface area contributed by atoms with Gasteiger partial charge in [0, 0.05) is 62.6 Å². The van der Waals surface area contributed by atoms with Crippen LogP contribution in [0.4, 0.5) is 11.6 Å². The third-order valence-corrected chi connectivity index (χ3v) is 5.85. The summed E-state index contributed by atoms with van der Waals surface area (Å²) in [6, 6.07) is 3.86. The SMILES string of the molecule is CN(C)c1cc(N2C[C@@H]3[C@H](CNC(=O)c4ccsc4)CO[C@@H]3C2)ncn1. The number of nitrogens with one attached hydrogen (secondary N) is 1. The van der Waals surface area contributed by atoms with Gasteiger partial charge in [-0.05, 0) is 11.4 Å². The molecule has 2 aliphatic rings. The summed E-state index contributed by atoms with van der Waals surface area (Å²) in [7, 11) is 3.94. The average molecular weight is 373 g/mol. The van der Waals surface area contributed by atoms with Crippen molar-refractivity contribution in [2.75, 3.05) is 50.1 Å². The molecule has 26 heavy (non-hydrogen) atoms. The number of anilines is 2. The molecule has 0 aromatic carbocycles. The highest BCUT2D eigenvalue weighted by atomic mass is 32.1. The number of ether oxygens (including phenoxy) is 1. The molecule has 1 N–H and O–H groups in total. The Hall–Kier alpha value is -2.19. The molecule has 0 aliphatic carbocycles. The van der Waals surface area contributed by atoms with Crippen molar-refractivity contribution < 1.29 is 9.53 Å². The highest BCUT2D eigenvalue weighted by molar-refractivity contribution is 7.08. The molecule has 4 rings (SSSR count). The van der Waals surface area contributed by atoms with E-state index in [4.69, 9.17) is 4.74 Å². The number of amides is 1. The van der Waals surface area contributed by atoms with E-state index in [0.717, 1.165) is 30.3 Å². The number of rotatable bonds is 5. The Kier molecular flexibility index (Phi) is 4.78. The quantitative estimate of drug-likeness (QED) is 0.856. The molecule has 0 radical (unpaired) electrons. The zero-order valence-corrected chi connectivity index (χ0v) is 15.8. The third-order valence-electron chi connectivity index (χ3n) is 5.17. The molecule has 138 valence electrons. The lowest BCUT2D eigenvalue weighted by atomic mass is 9.93. The van der Waals surface area contributed by atoms with E-state index in [1.54, 1.807) is 6.33 Å². The lowest BCUT2D eigenvalue weighted by Gasteiger charge is -2.22. The largest absolute Gasteiger partial charge is 0.376 e. The maximum absolute atomic E-state index is 12.2. The Bertz CT molecular complexity index is 767. The molecule has 8 heteroatoms. The molecule has 3 atom stereocenters. The molecule has 2 aliphatic heterocycles. The van der Waals surface area contributed by atoms with Gasteiger partial charge in [-0.1, -0.05) is 0 Å². The van der Waals surface area contributed by atoms with Gasteiger partial charge < -0.3 is 19.9 Å². The van der Waals surface area contributed by atoms with Crippen molar-refractivity contribution >= 4 is 28.9 Å². The van der Waals surface area contributed by atoms with E-state index < -0.39 is 0 Å². The topological polar surface area (TPSA) is 70.6 Å². The van der Waals surface area contributed by atoms with Gasteiger partial charge in [0.15, 0.2) is 0 Å². The van der Waals surface area contributed by atoms with Crippen LogP contribution in [0.25, 0.3) is 0 Å². The molecular formula is C18H23N5O2S. The van der Waals surface area contributed by atoms with E-state index in [1.165, 1.54) is 11.3 Å². The van der Waals surface area contributed by atoms with Crippen LogP contribution in [0.15, 0.2) is 29.2 Å². The molecule has 0 spiro atoms. The van der Waals surface area contributed by atoms with Gasteiger partial charge in [-0.15, -0.1) is 0 Å². The van der Waals surface area contributed by atoms with Gasteiger partial charge in [0.25, 0.3) is 5.91 Å². The molecule has 2 saturated heterocycles. The first kappa shape index (κ1) is 17.2. The minimum absolute atomic E-state index is 0.00372. The Balaban J connectivity index is 1.38. The van der Waals surface area contributed by atoms with Gasteiger partial charge in [-0.3, -0.25) is 4.79 Å². The predicted octanol–water partition coefficient (Wildman–Crippen LogP) is 1.49. The van der Waals surface area contributed by atoms with Crippen molar-refractivity contribution in [2.45, 2.75) is 6.10 Å². The summed E-state index contributed by atoms with van der Waals surface area (Å²) in [5, 5.41) is 6.85. The molecule has 0 saturated carbocycles. The van der Waals surface area contributed by atoms with Crippen molar-refractivity contribution in [1.29, 1.82) is 0 Å².